The van der Waals surface area contributed by atoms with Crippen molar-refractivity contribution in [1.29, 1.82) is 0 Å². The number of aromatic nitrogens is 2. The average molecular weight is 512 g/mol. The van der Waals surface area contributed by atoms with Crippen LogP contribution in [-0.2, 0) is 21.6 Å². The fourth-order valence-corrected chi connectivity index (χ4v) is 4.99. The molecule has 1 saturated carbocycles. The van der Waals surface area contributed by atoms with E-state index in [1.807, 2.05) is 41.3 Å². The molecule has 2 heterocycles. The van der Waals surface area contributed by atoms with Gasteiger partial charge >= 0.3 is 5.97 Å². The number of aliphatic hydroxyl groups excluding tert-OH is 1. The highest BCUT2D eigenvalue weighted by atomic mass is 35.5. The number of likely N-dealkylation sites (tertiary alicyclic amines) is 1. The number of hydrogen-bond acceptors (Lipinski definition) is 7. The first kappa shape index (κ1) is 24.9. The fourth-order valence-electron chi connectivity index (χ4n) is 4.86. The minimum absolute atomic E-state index is 0.0485. The van der Waals surface area contributed by atoms with Gasteiger partial charge in [-0.05, 0) is 55.5 Å². The van der Waals surface area contributed by atoms with Crippen molar-refractivity contribution in [2.24, 2.45) is 5.92 Å². The summed E-state index contributed by atoms with van der Waals surface area (Å²) in [6.45, 7) is 2.51. The summed E-state index contributed by atoms with van der Waals surface area (Å²) in [6, 6.07) is 15.3. The average Bonchev–Trinajstić information content (AvgIpc) is 3.52. The van der Waals surface area contributed by atoms with Gasteiger partial charge in [-0.3, -0.25) is 9.69 Å². The third-order valence-electron chi connectivity index (χ3n) is 7.22. The van der Waals surface area contributed by atoms with Crippen LogP contribution in [0.4, 0.5) is 0 Å². The Balaban J connectivity index is 1.13. The van der Waals surface area contributed by atoms with Crippen molar-refractivity contribution < 1.29 is 24.3 Å². The highest BCUT2D eigenvalue weighted by Crippen LogP contribution is 2.48. The summed E-state index contributed by atoms with van der Waals surface area (Å²) in [5.41, 5.74) is 2.83. The number of carbonyl (C=O) groups is 1. The first-order valence-electron chi connectivity index (χ1n) is 12.3. The molecule has 2 N–H and O–H groups in total. The summed E-state index contributed by atoms with van der Waals surface area (Å²) in [5, 5.41) is 24.7. The third-order valence-corrected chi connectivity index (χ3v) is 7.47. The standard InChI is InChI=1S/C27H30ClN3O5/c28-22-9-7-21(8-10-22)27(11-12-27)17-35-16-24-29-25(30-36-24)19-5-3-18(4-6-19)23(32)15-31-13-1-2-20(14-31)26(33)34/h3-10,20,23,32H,1-2,11-17H2,(H,33,34). The number of aliphatic carboxylic acids is 1. The molecule has 0 radical (unpaired) electrons. The number of rotatable bonds is 10. The van der Waals surface area contributed by atoms with Crippen LogP contribution in [0.1, 0.15) is 48.8 Å². The van der Waals surface area contributed by atoms with Crippen molar-refractivity contribution in [2.75, 3.05) is 26.2 Å². The fraction of sp³-hybridized carbons (Fsp3) is 0.444. The van der Waals surface area contributed by atoms with Crippen LogP contribution in [-0.4, -0.2) is 57.5 Å². The summed E-state index contributed by atoms with van der Waals surface area (Å²) in [4.78, 5) is 17.8. The highest BCUT2D eigenvalue weighted by molar-refractivity contribution is 6.30. The van der Waals surface area contributed by atoms with Crippen LogP contribution in [0, 0.1) is 5.92 Å². The molecule has 9 heteroatoms. The largest absolute Gasteiger partial charge is 0.481 e. The number of carboxylic acid groups (broad SMARTS) is 1. The number of halogens is 1. The Bertz CT molecular complexity index is 1180. The zero-order valence-electron chi connectivity index (χ0n) is 20.0. The van der Waals surface area contributed by atoms with Gasteiger partial charge in [-0.15, -0.1) is 0 Å². The molecule has 0 spiro atoms. The van der Waals surface area contributed by atoms with Crippen LogP contribution in [0.15, 0.2) is 53.1 Å². The van der Waals surface area contributed by atoms with Gasteiger partial charge in [0.05, 0.1) is 18.6 Å². The molecule has 2 unspecified atom stereocenters. The van der Waals surface area contributed by atoms with E-state index in [-0.39, 0.29) is 17.9 Å². The van der Waals surface area contributed by atoms with Crippen LogP contribution in [0.25, 0.3) is 11.4 Å². The first-order valence-corrected chi connectivity index (χ1v) is 12.7. The maximum atomic E-state index is 11.3. The van der Waals surface area contributed by atoms with E-state index < -0.39 is 12.1 Å². The number of aliphatic hydroxyl groups is 1. The topological polar surface area (TPSA) is 109 Å². The second-order valence-electron chi connectivity index (χ2n) is 9.87. The zero-order chi connectivity index (χ0) is 25.1. The smallest absolute Gasteiger partial charge is 0.307 e. The van der Waals surface area contributed by atoms with Crippen molar-refractivity contribution in [3.63, 3.8) is 0 Å². The molecule has 2 aliphatic rings. The van der Waals surface area contributed by atoms with E-state index in [0.29, 0.717) is 37.8 Å². The number of ether oxygens (including phenoxy) is 1. The lowest BCUT2D eigenvalue weighted by molar-refractivity contribution is -0.143. The molecule has 2 fully saturated rings. The lowest BCUT2D eigenvalue weighted by Gasteiger charge is -2.32. The van der Waals surface area contributed by atoms with Crippen LogP contribution in [0.3, 0.4) is 0 Å². The SMILES string of the molecule is O=C(O)C1CCCN(CC(O)c2ccc(-c3noc(COCC4(c5ccc(Cl)cc5)CC4)n3)cc2)C1. The summed E-state index contributed by atoms with van der Waals surface area (Å²) in [7, 11) is 0. The van der Waals surface area contributed by atoms with Gasteiger partial charge in [-0.1, -0.05) is 53.2 Å². The molecule has 3 aromatic rings. The number of hydrogen-bond donors (Lipinski definition) is 2. The Labute approximate surface area is 214 Å². The monoisotopic (exact) mass is 511 g/mol. The molecule has 190 valence electrons. The zero-order valence-corrected chi connectivity index (χ0v) is 20.7. The lowest BCUT2D eigenvalue weighted by atomic mass is 9.97. The van der Waals surface area contributed by atoms with E-state index in [0.717, 1.165) is 42.0 Å². The predicted molar refractivity (Wildman–Crippen MR) is 134 cm³/mol. The van der Waals surface area contributed by atoms with E-state index in [1.165, 1.54) is 5.56 Å². The van der Waals surface area contributed by atoms with Crippen LogP contribution in [0.5, 0.6) is 0 Å². The van der Waals surface area contributed by atoms with Crippen molar-refractivity contribution in [3.8, 4) is 11.4 Å². The quantitative estimate of drug-likeness (QED) is 0.410. The number of benzene rings is 2. The van der Waals surface area contributed by atoms with E-state index in [9.17, 15) is 15.0 Å². The number of nitrogens with zero attached hydrogens (tertiary/aromatic N) is 3. The molecule has 36 heavy (non-hydrogen) atoms. The highest BCUT2D eigenvalue weighted by Gasteiger charge is 2.44. The minimum atomic E-state index is -0.767. The molecular weight excluding hydrogens is 482 g/mol. The number of piperidine rings is 1. The van der Waals surface area contributed by atoms with E-state index >= 15 is 0 Å². The molecule has 1 aliphatic heterocycles. The van der Waals surface area contributed by atoms with Crippen molar-refractivity contribution in [3.05, 3.63) is 70.6 Å². The summed E-state index contributed by atoms with van der Waals surface area (Å²) in [5.74, 6) is -0.248. The molecule has 0 amide bonds. The first-order chi connectivity index (χ1) is 17.4. The van der Waals surface area contributed by atoms with Gasteiger partial charge in [0, 0.05) is 29.1 Å². The Hall–Kier alpha value is -2.78. The Kier molecular flexibility index (Phi) is 7.39. The van der Waals surface area contributed by atoms with Gasteiger partial charge < -0.3 is 19.5 Å². The molecular formula is C27H30ClN3O5. The van der Waals surface area contributed by atoms with Crippen molar-refractivity contribution >= 4 is 17.6 Å². The summed E-state index contributed by atoms with van der Waals surface area (Å²) in [6.07, 6.45) is 2.99. The molecule has 1 aromatic heterocycles. The maximum absolute atomic E-state index is 11.3. The molecule has 2 atom stereocenters. The maximum Gasteiger partial charge on any atom is 0.307 e. The van der Waals surface area contributed by atoms with Gasteiger partial charge in [-0.25, -0.2) is 0 Å². The second kappa shape index (κ2) is 10.7. The van der Waals surface area contributed by atoms with Crippen LogP contribution in [0.2, 0.25) is 5.02 Å². The van der Waals surface area contributed by atoms with Gasteiger partial charge in [0.25, 0.3) is 5.89 Å². The summed E-state index contributed by atoms with van der Waals surface area (Å²) >= 11 is 6.01. The number of carboxylic acids is 1. The van der Waals surface area contributed by atoms with E-state index in [1.54, 1.807) is 0 Å². The summed E-state index contributed by atoms with van der Waals surface area (Å²) < 4.78 is 11.3. The van der Waals surface area contributed by atoms with Gasteiger partial charge in [-0.2, -0.15) is 4.98 Å². The van der Waals surface area contributed by atoms with Gasteiger partial charge in [0.1, 0.15) is 6.61 Å². The minimum Gasteiger partial charge on any atom is -0.481 e. The third kappa shape index (κ3) is 5.78. The predicted octanol–water partition coefficient (Wildman–Crippen LogP) is 4.47. The lowest BCUT2D eigenvalue weighted by Crippen LogP contribution is -2.40. The molecule has 8 nitrogen and oxygen atoms in total. The van der Waals surface area contributed by atoms with E-state index in [2.05, 4.69) is 22.3 Å². The van der Waals surface area contributed by atoms with Crippen molar-refractivity contribution in [1.82, 2.24) is 15.0 Å². The van der Waals surface area contributed by atoms with Crippen LogP contribution >= 0.6 is 11.6 Å². The van der Waals surface area contributed by atoms with Gasteiger partial charge in [0.2, 0.25) is 5.82 Å². The molecule has 0 bridgehead atoms. The number of β-amino-alcohol motifs (C(OH)–C–C–N with tert-alkyl or cyclic N) is 1. The Morgan fingerprint density at radius 2 is 1.94 bits per heavy atom. The van der Waals surface area contributed by atoms with Gasteiger partial charge in [0.15, 0.2) is 0 Å². The van der Waals surface area contributed by atoms with Crippen molar-refractivity contribution in [2.45, 2.75) is 43.8 Å². The molecule has 2 aromatic carbocycles. The molecule has 1 saturated heterocycles. The Morgan fingerprint density at radius 1 is 1.19 bits per heavy atom. The second-order valence-corrected chi connectivity index (χ2v) is 10.3. The Morgan fingerprint density at radius 3 is 2.64 bits per heavy atom. The normalized spacial score (nSPS) is 20.2. The van der Waals surface area contributed by atoms with E-state index in [4.69, 9.17) is 20.9 Å². The van der Waals surface area contributed by atoms with Crippen LogP contribution < -0.4 is 0 Å². The molecule has 5 rings (SSSR count). The molecule has 1 aliphatic carbocycles.